The van der Waals surface area contributed by atoms with Crippen LogP contribution in [0.4, 0.5) is 0 Å². The van der Waals surface area contributed by atoms with Crippen LogP contribution >= 0.6 is 36.4 Å². The molecule has 0 aliphatic rings. The maximum atomic E-state index is 6.99. The summed E-state index contributed by atoms with van der Waals surface area (Å²) >= 11 is 6.15. The quantitative estimate of drug-likeness (QED) is 0.428. The molecule has 0 saturated carbocycles. The Morgan fingerprint density at radius 3 is 2.17 bits per heavy atom. The van der Waals surface area contributed by atoms with E-state index in [-0.39, 0.29) is 17.6 Å². The number of hydrogen-bond acceptors (Lipinski definition) is 3. The second-order valence-electron chi connectivity index (χ2n) is 1.90. The molecule has 0 aromatic carbocycles. The zero-order valence-electron chi connectivity index (χ0n) is 7.16. The minimum Gasteiger partial charge on any atom is -0.378 e. The molecule has 12 heavy (non-hydrogen) atoms. The van der Waals surface area contributed by atoms with Crippen LogP contribution in [0.5, 0.6) is 0 Å². The van der Waals surface area contributed by atoms with Crippen molar-refractivity contribution in [2.45, 2.75) is 13.8 Å². The summed E-state index contributed by atoms with van der Waals surface area (Å²) < 4.78 is 0.683. The lowest BCUT2D eigenvalue weighted by Gasteiger charge is -2.19. The molecule has 0 heterocycles. The van der Waals surface area contributed by atoms with Gasteiger partial charge in [0.25, 0.3) is 0 Å². The van der Waals surface area contributed by atoms with E-state index in [1.165, 1.54) is 0 Å². The Hall–Kier alpha value is -0.0000000000000000555. The zero-order chi connectivity index (χ0) is 8.85. The molecule has 0 amide bonds. The molecule has 0 aliphatic heterocycles. The molecule has 0 bridgehead atoms. The van der Waals surface area contributed by atoms with E-state index in [2.05, 4.69) is 0 Å². The Kier molecular flexibility index (Phi) is 9.24. The highest BCUT2D eigenvalue weighted by Gasteiger charge is 2.06. The Morgan fingerprint density at radius 2 is 1.92 bits per heavy atom. The molecule has 3 nitrogen and oxygen atoms in total. The Bertz CT molecular complexity index is 159. The summed E-state index contributed by atoms with van der Waals surface area (Å²) in [5, 5.41) is 7.05. The zero-order valence-corrected chi connectivity index (χ0v) is 9.61. The molecule has 0 atom stereocenters. The average molecular weight is 228 g/mol. The van der Waals surface area contributed by atoms with Crippen LogP contribution in [-0.4, -0.2) is 27.5 Å². The van der Waals surface area contributed by atoms with Gasteiger partial charge < -0.3 is 10.6 Å². The molecule has 6 heteroatoms. The summed E-state index contributed by atoms with van der Waals surface area (Å²) in [5.41, 5.74) is 5.17. The van der Waals surface area contributed by atoms with Crippen LogP contribution in [0.25, 0.3) is 0 Å². The number of halogens is 1. The first kappa shape index (κ1) is 14.5. The van der Waals surface area contributed by atoms with Gasteiger partial charge in [0.15, 0.2) is 5.17 Å². The molecule has 0 saturated heterocycles. The second kappa shape index (κ2) is 7.64. The maximum Gasteiger partial charge on any atom is 0.158 e. The predicted molar refractivity (Wildman–Crippen MR) is 62.3 cm³/mol. The second-order valence-corrected chi connectivity index (χ2v) is 3.58. The third-order valence-electron chi connectivity index (χ3n) is 1.22. The summed E-state index contributed by atoms with van der Waals surface area (Å²) in [7, 11) is 0. The molecule has 0 aromatic rings. The van der Waals surface area contributed by atoms with Crippen molar-refractivity contribution in [2.75, 3.05) is 13.1 Å². The van der Waals surface area contributed by atoms with E-state index < -0.39 is 0 Å². The molecule has 0 rings (SSSR count). The van der Waals surface area contributed by atoms with Gasteiger partial charge in [0.2, 0.25) is 0 Å². The number of nitrogens with one attached hydrogen (secondary N) is 1. The lowest BCUT2D eigenvalue weighted by Crippen LogP contribution is -2.28. The molecule has 0 fully saturated rings. The van der Waals surface area contributed by atoms with Crippen LogP contribution in [0.1, 0.15) is 13.8 Å². The smallest absolute Gasteiger partial charge is 0.158 e. The summed E-state index contributed by atoms with van der Waals surface area (Å²) in [6.45, 7) is 5.79. The van der Waals surface area contributed by atoms with Crippen molar-refractivity contribution in [2.24, 2.45) is 5.73 Å². The van der Waals surface area contributed by atoms with E-state index >= 15 is 0 Å². The number of amidine groups is 1. The molecule has 0 radical (unpaired) electrons. The molecule has 0 aromatic heterocycles. The van der Waals surface area contributed by atoms with Crippen LogP contribution in [0.2, 0.25) is 0 Å². The normalized spacial score (nSPS) is 8.50. The first-order valence-electron chi connectivity index (χ1n) is 3.42. The maximum absolute atomic E-state index is 6.99. The number of thiocarbonyl (C=S) groups is 1. The van der Waals surface area contributed by atoms with Crippen molar-refractivity contribution in [3.63, 3.8) is 0 Å². The van der Waals surface area contributed by atoms with E-state index in [1.54, 1.807) is 0 Å². The number of nitrogens with zero attached hydrogens (tertiary/aromatic N) is 1. The van der Waals surface area contributed by atoms with Crippen LogP contribution < -0.4 is 5.73 Å². The molecule has 72 valence electrons. The van der Waals surface area contributed by atoms with Gasteiger partial charge in [0, 0.05) is 13.1 Å². The van der Waals surface area contributed by atoms with E-state index in [0.29, 0.717) is 4.32 Å². The van der Waals surface area contributed by atoms with Gasteiger partial charge in [0.1, 0.15) is 4.32 Å². The van der Waals surface area contributed by atoms with Crippen LogP contribution in [0, 0.1) is 5.41 Å². The summed E-state index contributed by atoms with van der Waals surface area (Å²) in [6.07, 6.45) is 0. The highest BCUT2D eigenvalue weighted by atomic mass is 35.5. The van der Waals surface area contributed by atoms with E-state index in [9.17, 15) is 0 Å². The molecular formula is C6H14ClN3S2. The first-order valence-corrected chi connectivity index (χ1v) is 4.65. The van der Waals surface area contributed by atoms with Gasteiger partial charge in [-0.1, -0.05) is 12.2 Å². The van der Waals surface area contributed by atoms with Crippen LogP contribution in [-0.2, 0) is 0 Å². The van der Waals surface area contributed by atoms with Gasteiger partial charge in [-0.25, -0.2) is 0 Å². The number of hydrogen-bond donors (Lipinski definition) is 2. The van der Waals surface area contributed by atoms with Crippen molar-refractivity contribution in [3.05, 3.63) is 0 Å². The van der Waals surface area contributed by atoms with Crippen molar-refractivity contribution in [1.29, 1.82) is 5.41 Å². The monoisotopic (exact) mass is 227 g/mol. The molecule has 0 aliphatic carbocycles. The van der Waals surface area contributed by atoms with Crippen molar-refractivity contribution in [3.8, 4) is 0 Å². The third-order valence-corrected chi connectivity index (χ3v) is 2.38. The molecule has 0 spiro atoms. The molecule has 0 unspecified atom stereocenters. The minimum absolute atomic E-state index is 0. The minimum atomic E-state index is 0. The van der Waals surface area contributed by atoms with Gasteiger partial charge in [0.05, 0.1) is 0 Å². The summed E-state index contributed by atoms with van der Waals surface area (Å²) in [5.74, 6) is 0. The Balaban J connectivity index is 0. The van der Waals surface area contributed by atoms with Gasteiger partial charge in [-0.15, -0.1) is 12.4 Å². The largest absolute Gasteiger partial charge is 0.378 e. The molecule has 3 N–H and O–H groups in total. The predicted octanol–water partition coefficient (Wildman–Crippen LogP) is 1.66. The fourth-order valence-corrected chi connectivity index (χ4v) is 1.74. The molecular weight excluding hydrogens is 214 g/mol. The highest BCUT2D eigenvalue weighted by Crippen LogP contribution is 2.07. The van der Waals surface area contributed by atoms with Gasteiger partial charge >= 0.3 is 0 Å². The number of thioether (sulfide) groups is 1. The van der Waals surface area contributed by atoms with Gasteiger partial charge in [-0.2, -0.15) is 0 Å². The van der Waals surface area contributed by atoms with E-state index in [4.69, 9.17) is 23.4 Å². The average Bonchev–Trinajstić information content (AvgIpc) is 1.88. The fourth-order valence-electron chi connectivity index (χ4n) is 0.640. The lowest BCUT2D eigenvalue weighted by atomic mass is 10.6. The summed E-state index contributed by atoms with van der Waals surface area (Å²) in [4.78, 5) is 1.99. The van der Waals surface area contributed by atoms with Gasteiger partial charge in [-0.3, -0.25) is 5.41 Å². The SMILES string of the molecule is CCN(CC)C(=S)SC(=N)N.Cl. The third kappa shape index (κ3) is 5.62. The fraction of sp³-hybridized carbons (Fsp3) is 0.667. The lowest BCUT2D eigenvalue weighted by molar-refractivity contribution is 0.482. The van der Waals surface area contributed by atoms with Crippen molar-refractivity contribution in [1.82, 2.24) is 4.90 Å². The van der Waals surface area contributed by atoms with Crippen LogP contribution in [0.3, 0.4) is 0 Å². The van der Waals surface area contributed by atoms with E-state index in [1.807, 2.05) is 18.7 Å². The Labute approximate surface area is 89.0 Å². The first-order chi connectivity index (χ1) is 5.11. The number of rotatable bonds is 2. The van der Waals surface area contributed by atoms with Gasteiger partial charge in [-0.05, 0) is 25.6 Å². The topological polar surface area (TPSA) is 53.1 Å². The number of nitrogens with two attached hydrogens (primary N) is 1. The van der Waals surface area contributed by atoms with E-state index in [0.717, 1.165) is 24.9 Å². The van der Waals surface area contributed by atoms with Crippen molar-refractivity contribution >= 4 is 45.9 Å². The van der Waals surface area contributed by atoms with Crippen LogP contribution in [0.15, 0.2) is 0 Å². The highest BCUT2D eigenvalue weighted by molar-refractivity contribution is 8.32. The summed E-state index contributed by atoms with van der Waals surface area (Å²) in [6, 6.07) is 0. The Morgan fingerprint density at radius 1 is 1.50 bits per heavy atom. The van der Waals surface area contributed by atoms with Crippen molar-refractivity contribution < 1.29 is 0 Å². The standard InChI is InChI=1S/C6H13N3S2.ClH/c1-3-9(4-2)6(10)11-5(7)8;/h3-4H2,1-2H3,(H3,7,8);1H.